The number of carbonyl (C=O) groups excluding carboxylic acids is 4. The third-order valence-corrected chi connectivity index (χ3v) is 5.41. The molecule has 4 rings (SSSR count). The van der Waals surface area contributed by atoms with Gasteiger partial charge in [-0.3, -0.25) is 19.2 Å². The van der Waals surface area contributed by atoms with Gasteiger partial charge in [0.1, 0.15) is 22.9 Å². The number of carbonyl (C=O) groups is 4. The molecule has 0 radical (unpaired) electrons. The van der Waals surface area contributed by atoms with Gasteiger partial charge in [-0.1, -0.05) is 36.4 Å². The van der Waals surface area contributed by atoms with E-state index in [1.807, 2.05) is 0 Å². The van der Waals surface area contributed by atoms with Gasteiger partial charge >= 0.3 is 0 Å². The summed E-state index contributed by atoms with van der Waals surface area (Å²) < 4.78 is 10.6. The fourth-order valence-corrected chi connectivity index (χ4v) is 3.46. The first-order valence-corrected chi connectivity index (χ1v) is 12.3. The van der Waals surface area contributed by atoms with Crippen LogP contribution < -0.4 is 21.3 Å². The zero-order valence-corrected chi connectivity index (χ0v) is 21.3. The molecule has 0 aliphatic rings. The number of furan rings is 2. The minimum atomic E-state index is -0.585. The lowest BCUT2D eigenvalue weighted by Crippen LogP contribution is -2.41. The van der Waals surface area contributed by atoms with Crippen molar-refractivity contribution in [3.05, 3.63) is 131 Å². The predicted octanol–water partition coefficient (Wildman–Crippen LogP) is 3.35. The molecule has 4 aromatic rings. The monoisotopic (exact) mass is 538 g/mol. The van der Waals surface area contributed by atoms with E-state index in [1.165, 1.54) is 24.7 Å². The van der Waals surface area contributed by atoms with Crippen LogP contribution in [0.1, 0.15) is 32.2 Å². The van der Waals surface area contributed by atoms with Crippen molar-refractivity contribution in [2.75, 3.05) is 13.1 Å². The van der Waals surface area contributed by atoms with Gasteiger partial charge in [0.15, 0.2) is 0 Å². The van der Waals surface area contributed by atoms with Gasteiger partial charge in [0.2, 0.25) is 0 Å². The van der Waals surface area contributed by atoms with Crippen LogP contribution in [0.3, 0.4) is 0 Å². The van der Waals surface area contributed by atoms with Crippen molar-refractivity contribution in [1.29, 1.82) is 0 Å². The lowest BCUT2D eigenvalue weighted by molar-refractivity contribution is -0.119. The largest absolute Gasteiger partial charge is 0.465 e. The molecule has 0 saturated carbocycles. The molecule has 0 spiro atoms. The van der Waals surface area contributed by atoms with E-state index in [4.69, 9.17) is 8.83 Å². The van der Waals surface area contributed by atoms with Crippen LogP contribution in [0.5, 0.6) is 0 Å². The Labute approximate surface area is 229 Å². The third-order valence-electron chi connectivity index (χ3n) is 5.41. The van der Waals surface area contributed by atoms with Gasteiger partial charge in [-0.15, -0.1) is 0 Å². The molecule has 0 bridgehead atoms. The lowest BCUT2D eigenvalue weighted by Gasteiger charge is -2.13. The molecule has 10 heteroatoms. The summed E-state index contributed by atoms with van der Waals surface area (Å²) in [6.45, 7) is 0.0594. The molecular formula is C30H26N4O6. The summed E-state index contributed by atoms with van der Waals surface area (Å²) in [5.41, 5.74) is 0.676. The topological polar surface area (TPSA) is 143 Å². The molecule has 10 nitrogen and oxygen atoms in total. The van der Waals surface area contributed by atoms with Crippen LogP contribution in [0.2, 0.25) is 0 Å². The Kier molecular flexibility index (Phi) is 9.43. The summed E-state index contributed by atoms with van der Waals surface area (Å²) in [4.78, 5) is 51.1. The lowest BCUT2D eigenvalue weighted by atomic mass is 10.2. The third kappa shape index (κ3) is 7.93. The molecule has 0 unspecified atom stereocenters. The number of hydrogen-bond acceptors (Lipinski definition) is 6. The van der Waals surface area contributed by atoms with Crippen molar-refractivity contribution in [2.45, 2.75) is 0 Å². The molecule has 0 atom stereocenters. The molecule has 0 fully saturated rings. The molecule has 40 heavy (non-hydrogen) atoms. The highest BCUT2D eigenvalue weighted by Crippen LogP contribution is 2.09. The SMILES string of the molecule is O=C(NCCNC(=O)/C(=C\c1ccco1)NC(=O)c1ccccc1)/C(=C/c1ccco1)NC(=O)c1ccccc1. The Bertz CT molecular complexity index is 1380. The summed E-state index contributed by atoms with van der Waals surface area (Å²) in [7, 11) is 0. The van der Waals surface area contributed by atoms with E-state index in [0.29, 0.717) is 22.6 Å². The fraction of sp³-hybridized carbons (Fsp3) is 0.0667. The maximum atomic E-state index is 12.9. The summed E-state index contributed by atoms with van der Waals surface area (Å²) in [6, 6.07) is 23.5. The number of rotatable bonds is 11. The van der Waals surface area contributed by atoms with Crippen molar-refractivity contribution in [1.82, 2.24) is 21.3 Å². The van der Waals surface area contributed by atoms with Gasteiger partial charge in [0.05, 0.1) is 12.5 Å². The smallest absolute Gasteiger partial charge is 0.268 e. The standard InChI is InChI=1S/C30H26N4O6/c35-27(21-9-3-1-4-10-21)33-25(19-23-13-7-17-39-23)29(37)31-15-16-32-30(38)26(20-24-14-8-18-40-24)34-28(36)22-11-5-2-6-12-22/h1-14,17-20H,15-16H2,(H,31,37)(H,32,38)(H,33,35)(H,34,36)/b25-19-,26-20+. The van der Waals surface area contributed by atoms with Crippen LogP contribution in [0.15, 0.2) is 118 Å². The summed E-state index contributed by atoms with van der Waals surface area (Å²) in [5, 5.41) is 10.5. The molecule has 4 N–H and O–H groups in total. The van der Waals surface area contributed by atoms with Gasteiger partial charge in [-0.25, -0.2) is 0 Å². The highest BCUT2D eigenvalue weighted by molar-refractivity contribution is 6.06. The number of amides is 4. The fourth-order valence-electron chi connectivity index (χ4n) is 3.46. The first-order valence-electron chi connectivity index (χ1n) is 12.3. The highest BCUT2D eigenvalue weighted by Gasteiger charge is 2.17. The van der Waals surface area contributed by atoms with Crippen molar-refractivity contribution in [3.8, 4) is 0 Å². The van der Waals surface area contributed by atoms with Crippen molar-refractivity contribution < 1.29 is 28.0 Å². The number of nitrogens with one attached hydrogen (secondary N) is 4. The van der Waals surface area contributed by atoms with E-state index in [0.717, 1.165) is 0 Å². The molecule has 0 aliphatic heterocycles. The average molecular weight is 539 g/mol. The maximum absolute atomic E-state index is 12.9. The second kappa shape index (κ2) is 13.8. The zero-order chi connectivity index (χ0) is 28.2. The molecule has 0 aliphatic carbocycles. The predicted molar refractivity (Wildman–Crippen MR) is 147 cm³/mol. The second-order valence-corrected chi connectivity index (χ2v) is 8.30. The van der Waals surface area contributed by atoms with Gasteiger partial charge in [-0.05, 0) is 48.5 Å². The minimum absolute atomic E-state index is 0.0297. The molecule has 2 aromatic carbocycles. The first kappa shape index (κ1) is 27.4. The Balaban J connectivity index is 1.37. The molecule has 202 valence electrons. The van der Waals surface area contributed by atoms with E-state index in [2.05, 4.69) is 21.3 Å². The summed E-state index contributed by atoms with van der Waals surface area (Å²) in [5.74, 6) is -1.37. The molecule has 2 aromatic heterocycles. The van der Waals surface area contributed by atoms with Crippen molar-refractivity contribution >= 4 is 35.8 Å². The van der Waals surface area contributed by atoms with Gasteiger partial charge < -0.3 is 30.1 Å². The Hall–Kier alpha value is -5.64. The highest BCUT2D eigenvalue weighted by atomic mass is 16.3. The van der Waals surface area contributed by atoms with Crippen LogP contribution in [0.4, 0.5) is 0 Å². The Morgan fingerprint density at radius 3 is 1.30 bits per heavy atom. The van der Waals surface area contributed by atoms with Gasteiger partial charge in [-0.2, -0.15) is 0 Å². The molecule has 2 heterocycles. The first-order chi connectivity index (χ1) is 19.5. The van der Waals surface area contributed by atoms with Crippen LogP contribution >= 0.6 is 0 Å². The second-order valence-electron chi connectivity index (χ2n) is 8.30. The normalized spacial score (nSPS) is 11.4. The van der Waals surface area contributed by atoms with Crippen LogP contribution in [0.25, 0.3) is 12.2 Å². The summed E-state index contributed by atoms with van der Waals surface area (Å²) >= 11 is 0. The number of hydrogen-bond donors (Lipinski definition) is 4. The van der Waals surface area contributed by atoms with E-state index in [-0.39, 0.29) is 24.5 Å². The average Bonchev–Trinajstić information content (AvgIpc) is 3.70. The summed E-state index contributed by atoms with van der Waals surface area (Å²) in [6.07, 6.45) is 5.69. The van der Waals surface area contributed by atoms with Gasteiger partial charge in [0.25, 0.3) is 23.6 Å². The van der Waals surface area contributed by atoms with E-state index in [1.54, 1.807) is 84.9 Å². The zero-order valence-electron chi connectivity index (χ0n) is 21.3. The van der Waals surface area contributed by atoms with E-state index >= 15 is 0 Å². The Morgan fingerprint density at radius 2 is 0.950 bits per heavy atom. The molecular weight excluding hydrogens is 512 g/mol. The Morgan fingerprint density at radius 1 is 0.550 bits per heavy atom. The van der Waals surface area contributed by atoms with E-state index < -0.39 is 23.6 Å². The quantitative estimate of drug-likeness (QED) is 0.170. The minimum Gasteiger partial charge on any atom is -0.465 e. The van der Waals surface area contributed by atoms with Crippen LogP contribution in [0, 0.1) is 0 Å². The van der Waals surface area contributed by atoms with Crippen molar-refractivity contribution in [3.63, 3.8) is 0 Å². The maximum Gasteiger partial charge on any atom is 0.268 e. The molecule has 0 saturated heterocycles. The van der Waals surface area contributed by atoms with Gasteiger partial charge in [0, 0.05) is 36.4 Å². The number of benzene rings is 2. The molecule has 4 amide bonds. The van der Waals surface area contributed by atoms with Crippen LogP contribution in [-0.4, -0.2) is 36.7 Å². The van der Waals surface area contributed by atoms with Crippen molar-refractivity contribution in [2.24, 2.45) is 0 Å². The van der Waals surface area contributed by atoms with Crippen LogP contribution in [-0.2, 0) is 9.59 Å². The van der Waals surface area contributed by atoms with E-state index in [9.17, 15) is 19.2 Å².